The normalized spacial score (nSPS) is 14.8. The van der Waals surface area contributed by atoms with E-state index in [1.54, 1.807) is 12.1 Å². The maximum atomic E-state index is 9.56. The van der Waals surface area contributed by atoms with E-state index < -0.39 is 0 Å². The number of rotatable bonds is 7. The fourth-order valence-corrected chi connectivity index (χ4v) is 6.83. The lowest BCUT2D eigenvalue weighted by Crippen LogP contribution is -2.08. The maximum absolute atomic E-state index is 9.56. The predicted molar refractivity (Wildman–Crippen MR) is 150 cm³/mol. The molecule has 4 aromatic rings. The van der Waals surface area contributed by atoms with Gasteiger partial charge in [0.15, 0.2) is 0 Å². The number of hydrogen-bond donors (Lipinski definition) is 1. The highest BCUT2D eigenvalue weighted by Gasteiger charge is 2.23. The molecule has 5 rings (SSSR count). The molecular formula is C29H27IN4O2. The van der Waals surface area contributed by atoms with Crippen LogP contribution in [0.2, 0.25) is 0 Å². The van der Waals surface area contributed by atoms with Crippen LogP contribution in [0, 0.1) is 11.3 Å². The van der Waals surface area contributed by atoms with Crippen molar-refractivity contribution in [2.45, 2.75) is 45.8 Å². The van der Waals surface area contributed by atoms with Gasteiger partial charge in [-0.05, 0) is 89.5 Å². The number of benzene rings is 3. The topological polar surface area (TPSA) is 84.0 Å². The summed E-state index contributed by atoms with van der Waals surface area (Å²) >= 11 is -0.304. The predicted octanol–water partition coefficient (Wildman–Crippen LogP) is 6.77. The summed E-state index contributed by atoms with van der Waals surface area (Å²) in [4.78, 5) is 4.69. The summed E-state index contributed by atoms with van der Waals surface area (Å²) in [6.45, 7) is 6.09. The molecule has 0 fully saturated rings. The second kappa shape index (κ2) is 10.7. The smallest absolute Gasteiger partial charge is 0.258 e. The molecule has 3 aromatic carbocycles. The van der Waals surface area contributed by atoms with Crippen LogP contribution in [0.15, 0.2) is 71.3 Å². The van der Waals surface area contributed by atoms with Gasteiger partial charge in [-0.3, -0.25) is 3.53 Å². The fraction of sp³-hybridized carbons (Fsp3) is 0.241. The number of ether oxygens (including phenoxy) is 1. The first-order chi connectivity index (χ1) is 17.5. The Morgan fingerprint density at radius 2 is 1.81 bits per heavy atom. The molecule has 0 saturated heterocycles. The molecule has 0 spiro atoms. The minimum absolute atomic E-state index is 0.0148. The van der Waals surface area contributed by atoms with Gasteiger partial charge >= 0.3 is 0 Å². The zero-order chi connectivity index (χ0) is 25.1. The maximum Gasteiger partial charge on any atom is 0.258 e. The first kappa shape index (κ1) is 24.3. The average molecular weight is 590 g/mol. The van der Waals surface area contributed by atoms with Crippen molar-refractivity contribution >= 4 is 24.5 Å². The molecule has 0 bridgehead atoms. The molecule has 1 heterocycles. The molecule has 1 aromatic heterocycles. The molecule has 6 nitrogen and oxygen atoms in total. The third kappa shape index (κ3) is 5.11. The second-order valence-corrected chi connectivity index (χ2v) is 11.4. The lowest BCUT2D eigenvalue weighted by Gasteiger charge is -2.11. The van der Waals surface area contributed by atoms with Crippen molar-refractivity contribution in [1.29, 1.82) is 5.26 Å². The Balaban J connectivity index is 1.39. The highest BCUT2D eigenvalue weighted by atomic mass is 127. The van der Waals surface area contributed by atoms with Crippen molar-refractivity contribution in [1.82, 2.24) is 13.7 Å². The van der Waals surface area contributed by atoms with E-state index in [0.717, 1.165) is 18.4 Å². The van der Waals surface area contributed by atoms with E-state index in [0.29, 0.717) is 34.6 Å². The van der Waals surface area contributed by atoms with Gasteiger partial charge in [0.2, 0.25) is 5.82 Å². The molecule has 1 aliphatic carbocycles. The summed E-state index contributed by atoms with van der Waals surface area (Å²) in [5, 5.41) is 13.8. The van der Waals surface area contributed by atoms with Crippen molar-refractivity contribution in [3.63, 3.8) is 0 Å². The lowest BCUT2D eigenvalue weighted by atomic mass is 10.0. The molecule has 1 N–H and O–H groups in total. The molecule has 0 aliphatic heterocycles. The summed E-state index contributed by atoms with van der Waals surface area (Å²) in [7, 11) is 0. The van der Waals surface area contributed by atoms with Crippen LogP contribution in [-0.2, 0) is 6.42 Å². The average Bonchev–Trinajstić information content (AvgIpc) is 3.55. The van der Waals surface area contributed by atoms with E-state index in [1.807, 2.05) is 19.9 Å². The van der Waals surface area contributed by atoms with Gasteiger partial charge in [-0.15, -0.1) is 0 Å². The van der Waals surface area contributed by atoms with Crippen LogP contribution >= 0.6 is 21.0 Å². The summed E-state index contributed by atoms with van der Waals surface area (Å²) < 4.78 is 16.6. The summed E-state index contributed by atoms with van der Waals surface area (Å²) in [6.07, 6.45) is 2.02. The van der Waals surface area contributed by atoms with Crippen molar-refractivity contribution in [3.05, 3.63) is 89.0 Å². The van der Waals surface area contributed by atoms with E-state index in [2.05, 4.69) is 75.2 Å². The Kier molecular flexibility index (Phi) is 7.25. The molecule has 0 unspecified atom stereocenters. The van der Waals surface area contributed by atoms with Crippen LogP contribution < -0.4 is 8.27 Å². The largest absolute Gasteiger partial charge is 0.490 e. The number of nitriles is 1. The summed E-state index contributed by atoms with van der Waals surface area (Å²) in [5.41, 5.74) is 6.08. The van der Waals surface area contributed by atoms with E-state index in [-0.39, 0.29) is 27.1 Å². The fourth-order valence-electron chi connectivity index (χ4n) is 4.30. The van der Waals surface area contributed by atoms with Crippen LogP contribution in [0.1, 0.15) is 55.5 Å². The summed E-state index contributed by atoms with van der Waals surface area (Å²) in [6, 6.07) is 24.8. The number of aromatic nitrogens is 2. The standard InChI is InChI=1S/C29H27IN4O2/c1-18(2)35-27-15-12-21(16-22(27)17-31)29-32-28(34-36-29)25-11-7-10-24-23(25)13-14-26(24)30-33-19(3)20-8-5-4-6-9-20/h4-12,15-16,18-19,33H,13-14H2,1-3H3/t19-/m1/s1. The lowest BCUT2D eigenvalue weighted by molar-refractivity contribution is 0.241. The highest BCUT2D eigenvalue weighted by molar-refractivity contribution is 14.2. The number of nitrogens with zero attached hydrogens (tertiary/aromatic N) is 3. The molecular weight excluding hydrogens is 563 g/mol. The van der Waals surface area contributed by atoms with Gasteiger partial charge in [0.25, 0.3) is 5.89 Å². The third-order valence-electron chi connectivity index (χ3n) is 6.07. The quantitative estimate of drug-likeness (QED) is 0.189. The number of nitrogens with one attached hydrogen (secondary N) is 1. The molecule has 1 atom stereocenters. The van der Waals surface area contributed by atoms with Crippen molar-refractivity contribution in [2.24, 2.45) is 0 Å². The molecule has 7 heteroatoms. The van der Waals surface area contributed by atoms with E-state index in [9.17, 15) is 5.26 Å². The molecule has 0 radical (unpaired) electrons. The van der Waals surface area contributed by atoms with Crippen molar-refractivity contribution < 1.29 is 9.26 Å². The Morgan fingerprint density at radius 1 is 1.00 bits per heavy atom. The van der Waals surface area contributed by atoms with Crippen LogP contribution in [0.3, 0.4) is 0 Å². The minimum Gasteiger partial charge on any atom is -0.490 e. The molecule has 1 aliphatic rings. The van der Waals surface area contributed by atoms with Gasteiger partial charge in [-0.25, -0.2) is 0 Å². The molecule has 36 heavy (non-hydrogen) atoms. The first-order valence-corrected chi connectivity index (χ1v) is 14.2. The molecule has 0 saturated carbocycles. The number of fused-ring (bicyclic) bond motifs is 1. The Morgan fingerprint density at radius 3 is 2.58 bits per heavy atom. The molecule has 0 amide bonds. The number of hydrogen-bond acceptors (Lipinski definition) is 6. The van der Waals surface area contributed by atoms with Gasteiger partial charge in [0.1, 0.15) is 11.8 Å². The number of halogens is 1. The van der Waals surface area contributed by atoms with Crippen LogP contribution in [0.5, 0.6) is 5.75 Å². The minimum atomic E-state index is -0.304. The Hall–Kier alpha value is -3.35. The zero-order valence-electron chi connectivity index (χ0n) is 20.5. The second-order valence-electron chi connectivity index (χ2n) is 8.99. The van der Waals surface area contributed by atoms with Crippen molar-refractivity contribution in [2.75, 3.05) is 0 Å². The van der Waals surface area contributed by atoms with Crippen LogP contribution in [0.4, 0.5) is 0 Å². The van der Waals surface area contributed by atoms with Gasteiger partial charge in [0.05, 0.1) is 11.7 Å². The third-order valence-corrected chi connectivity index (χ3v) is 9.09. The van der Waals surface area contributed by atoms with Crippen molar-refractivity contribution in [3.8, 4) is 34.7 Å². The highest BCUT2D eigenvalue weighted by Crippen LogP contribution is 2.35. The van der Waals surface area contributed by atoms with Crippen LogP contribution in [0.25, 0.3) is 22.8 Å². The van der Waals surface area contributed by atoms with Gasteiger partial charge in [-0.1, -0.05) is 53.7 Å². The van der Waals surface area contributed by atoms with E-state index in [4.69, 9.17) is 9.26 Å². The van der Waals surface area contributed by atoms with Gasteiger partial charge in [-0.2, -0.15) is 10.2 Å². The van der Waals surface area contributed by atoms with Crippen LogP contribution in [-0.4, -0.2) is 19.8 Å². The monoisotopic (exact) mass is 590 g/mol. The SMILES string of the molecule is CC(C)Oc1ccc(-c2nc(-c3cccc4c3CCC4=IN[C@H](C)c3ccccc3)no2)cc1C#N. The van der Waals surface area contributed by atoms with E-state index >= 15 is 0 Å². The summed E-state index contributed by atoms with van der Waals surface area (Å²) in [5.74, 6) is 1.52. The van der Waals surface area contributed by atoms with Gasteiger partial charge in [0, 0.05) is 20.7 Å². The Bertz CT molecular complexity index is 1450. The van der Waals surface area contributed by atoms with Gasteiger partial charge < -0.3 is 9.26 Å². The van der Waals surface area contributed by atoms with E-state index in [1.165, 1.54) is 20.2 Å². The Labute approximate surface area is 221 Å². The first-order valence-electron chi connectivity index (χ1n) is 12.0. The zero-order valence-corrected chi connectivity index (χ0v) is 22.6. The molecule has 182 valence electrons.